The second-order valence-electron chi connectivity index (χ2n) is 4.91. The molecule has 0 aromatic carbocycles. The predicted octanol–water partition coefficient (Wildman–Crippen LogP) is 0.272. The molecule has 2 amide bonds. The summed E-state index contributed by atoms with van der Waals surface area (Å²) in [7, 11) is 0. The molecule has 1 atom stereocenters. The average molecular weight is 271 g/mol. The highest BCUT2D eigenvalue weighted by atomic mass is 16.5. The van der Waals surface area contributed by atoms with Crippen molar-refractivity contribution in [3.63, 3.8) is 0 Å². The molecule has 2 aliphatic heterocycles. The molecule has 1 unspecified atom stereocenters. The van der Waals surface area contributed by atoms with E-state index in [1.54, 1.807) is 5.01 Å². The number of rotatable bonds is 2. The summed E-state index contributed by atoms with van der Waals surface area (Å²) in [4.78, 5) is 24.9. The second-order valence-corrected chi connectivity index (χ2v) is 4.91. The Morgan fingerprint density at radius 1 is 1.11 bits per heavy atom. The highest BCUT2D eigenvalue weighted by Gasteiger charge is 2.31. The van der Waals surface area contributed by atoms with Gasteiger partial charge >= 0.3 is 12.0 Å². The molecule has 0 aromatic rings. The van der Waals surface area contributed by atoms with Gasteiger partial charge in [-0.3, -0.25) is 5.43 Å². The van der Waals surface area contributed by atoms with Crippen molar-refractivity contribution < 1.29 is 19.4 Å². The minimum atomic E-state index is -0.918. The summed E-state index contributed by atoms with van der Waals surface area (Å²) >= 11 is 0. The summed E-state index contributed by atoms with van der Waals surface area (Å²) in [5, 5.41) is 11.0. The maximum absolute atomic E-state index is 12.2. The van der Waals surface area contributed by atoms with Crippen molar-refractivity contribution in [2.75, 3.05) is 32.8 Å². The van der Waals surface area contributed by atoms with E-state index in [0.29, 0.717) is 39.3 Å². The molecule has 2 saturated heterocycles. The van der Waals surface area contributed by atoms with Gasteiger partial charge in [0.15, 0.2) is 0 Å². The van der Waals surface area contributed by atoms with E-state index in [4.69, 9.17) is 4.74 Å². The van der Waals surface area contributed by atoms with Crippen molar-refractivity contribution >= 4 is 12.0 Å². The number of hydrazine groups is 1. The fraction of sp³-hybridized carbons (Fsp3) is 0.833. The molecule has 0 spiro atoms. The summed E-state index contributed by atoms with van der Waals surface area (Å²) in [6.07, 6.45) is 3.23. The van der Waals surface area contributed by atoms with E-state index in [1.807, 2.05) is 0 Å². The number of ether oxygens (including phenoxy) is 1. The van der Waals surface area contributed by atoms with E-state index >= 15 is 0 Å². The molecule has 2 N–H and O–H groups in total. The van der Waals surface area contributed by atoms with Gasteiger partial charge in [-0.05, 0) is 12.8 Å². The lowest BCUT2D eigenvalue weighted by Crippen LogP contribution is -2.56. The molecular formula is C12H21N3O4. The minimum absolute atomic E-state index is 0.309. The molecular weight excluding hydrogens is 250 g/mol. The Bertz CT molecular complexity index is 331. The molecule has 7 nitrogen and oxygen atoms in total. The zero-order valence-corrected chi connectivity index (χ0v) is 11.0. The number of carbonyl (C=O) groups excluding carboxylic acids is 1. The Kier molecular flexibility index (Phi) is 4.98. The van der Waals surface area contributed by atoms with Gasteiger partial charge in [-0.15, -0.1) is 0 Å². The third-order valence-corrected chi connectivity index (χ3v) is 3.56. The predicted molar refractivity (Wildman–Crippen MR) is 67.5 cm³/mol. The van der Waals surface area contributed by atoms with Crippen molar-refractivity contribution in [1.29, 1.82) is 0 Å². The van der Waals surface area contributed by atoms with E-state index in [9.17, 15) is 14.7 Å². The van der Waals surface area contributed by atoms with Gasteiger partial charge in [0.1, 0.15) is 6.04 Å². The number of carboxylic acids is 1. The summed E-state index contributed by atoms with van der Waals surface area (Å²) in [6.45, 7) is 2.95. The molecule has 0 bridgehead atoms. The number of carboxylic acid groups (broad SMARTS) is 1. The van der Waals surface area contributed by atoms with Crippen molar-refractivity contribution in [2.24, 2.45) is 0 Å². The molecule has 2 heterocycles. The molecule has 19 heavy (non-hydrogen) atoms. The Hall–Kier alpha value is -1.34. The number of aliphatic carboxylic acids is 1. The Labute approximate surface area is 112 Å². The van der Waals surface area contributed by atoms with Crippen LogP contribution in [-0.4, -0.2) is 65.9 Å². The lowest BCUT2D eigenvalue weighted by molar-refractivity contribution is -0.142. The van der Waals surface area contributed by atoms with Gasteiger partial charge in [0.25, 0.3) is 0 Å². The van der Waals surface area contributed by atoms with Crippen LogP contribution in [0.1, 0.15) is 25.7 Å². The third-order valence-electron chi connectivity index (χ3n) is 3.56. The molecule has 2 aliphatic rings. The van der Waals surface area contributed by atoms with Crippen molar-refractivity contribution in [1.82, 2.24) is 15.3 Å². The van der Waals surface area contributed by atoms with Crippen LogP contribution in [0.25, 0.3) is 0 Å². The fourth-order valence-electron chi connectivity index (χ4n) is 2.48. The lowest BCUT2D eigenvalue weighted by Gasteiger charge is -2.32. The number of nitrogens with zero attached hydrogens (tertiary/aromatic N) is 2. The highest BCUT2D eigenvalue weighted by Crippen LogP contribution is 2.17. The Morgan fingerprint density at radius 2 is 1.84 bits per heavy atom. The van der Waals surface area contributed by atoms with Gasteiger partial charge in [-0.1, -0.05) is 12.8 Å². The van der Waals surface area contributed by atoms with Gasteiger partial charge in [-0.25, -0.2) is 14.6 Å². The van der Waals surface area contributed by atoms with Gasteiger partial charge < -0.3 is 14.7 Å². The first-order valence-electron chi connectivity index (χ1n) is 6.81. The quantitative estimate of drug-likeness (QED) is 0.753. The lowest BCUT2D eigenvalue weighted by atomic mass is 10.1. The smallest absolute Gasteiger partial charge is 0.332 e. The van der Waals surface area contributed by atoms with Crippen LogP contribution >= 0.6 is 0 Å². The Morgan fingerprint density at radius 3 is 2.53 bits per heavy atom. The van der Waals surface area contributed by atoms with Gasteiger partial charge in [0.05, 0.1) is 13.2 Å². The van der Waals surface area contributed by atoms with Crippen LogP contribution in [0.3, 0.4) is 0 Å². The van der Waals surface area contributed by atoms with E-state index in [1.165, 1.54) is 4.90 Å². The number of hydrogen-bond donors (Lipinski definition) is 2. The maximum Gasteiger partial charge on any atom is 0.332 e. The van der Waals surface area contributed by atoms with Crippen LogP contribution in [0, 0.1) is 0 Å². The number of nitrogens with one attached hydrogen (secondary N) is 1. The Balaban J connectivity index is 1.95. The van der Waals surface area contributed by atoms with E-state index in [-0.39, 0.29) is 6.03 Å². The van der Waals surface area contributed by atoms with Crippen molar-refractivity contribution in [3.8, 4) is 0 Å². The first-order valence-corrected chi connectivity index (χ1v) is 6.81. The van der Waals surface area contributed by atoms with Crippen LogP contribution in [0.5, 0.6) is 0 Å². The van der Waals surface area contributed by atoms with E-state index < -0.39 is 12.0 Å². The number of hydrogen-bond acceptors (Lipinski definition) is 4. The SMILES string of the molecule is O=C(O)C1CCCCCN1C(=O)NN1CCOCC1. The summed E-state index contributed by atoms with van der Waals surface area (Å²) in [5.74, 6) is -0.918. The molecule has 0 radical (unpaired) electrons. The van der Waals surface area contributed by atoms with Gasteiger partial charge in [0.2, 0.25) is 0 Å². The molecule has 0 aromatic heterocycles. The number of urea groups is 1. The largest absolute Gasteiger partial charge is 0.480 e. The van der Waals surface area contributed by atoms with Gasteiger partial charge in [-0.2, -0.15) is 0 Å². The van der Waals surface area contributed by atoms with Crippen LogP contribution in [-0.2, 0) is 9.53 Å². The molecule has 2 fully saturated rings. The normalized spacial score (nSPS) is 25.7. The van der Waals surface area contributed by atoms with Crippen LogP contribution in [0.15, 0.2) is 0 Å². The zero-order chi connectivity index (χ0) is 13.7. The average Bonchev–Trinajstić information content (AvgIpc) is 2.65. The molecule has 0 saturated carbocycles. The fourth-order valence-corrected chi connectivity index (χ4v) is 2.48. The second kappa shape index (κ2) is 6.72. The van der Waals surface area contributed by atoms with Crippen LogP contribution < -0.4 is 5.43 Å². The van der Waals surface area contributed by atoms with Gasteiger partial charge in [0, 0.05) is 19.6 Å². The maximum atomic E-state index is 12.2. The number of amides is 2. The molecule has 2 rings (SSSR count). The monoisotopic (exact) mass is 271 g/mol. The van der Waals surface area contributed by atoms with E-state index in [0.717, 1.165) is 19.3 Å². The minimum Gasteiger partial charge on any atom is -0.480 e. The van der Waals surface area contributed by atoms with Crippen LogP contribution in [0.2, 0.25) is 0 Å². The third kappa shape index (κ3) is 3.81. The first-order chi connectivity index (χ1) is 9.18. The topological polar surface area (TPSA) is 82.1 Å². The zero-order valence-electron chi connectivity index (χ0n) is 11.0. The highest BCUT2D eigenvalue weighted by molar-refractivity contribution is 5.82. The summed E-state index contributed by atoms with van der Waals surface area (Å²) < 4.78 is 5.21. The molecule has 7 heteroatoms. The van der Waals surface area contributed by atoms with Crippen LogP contribution in [0.4, 0.5) is 4.79 Å². The summed E-state index contributed by atoms with van der Waals surface area (Å²) in [6, 6.07) is -1.01. The van der Waals surface area contributed by atoms with Crippen molar-refractivity contribution in [3.05, 3.63) is 0 Å². The molecule has 0 aliphatic carbocycles. The summed E-state index contributed by atoms with van der Waals surface area (Å²) in [5.41, 5.74) is 2.78. The number of carbonyl (C=O) groups is 2. The van der Waals surface area contributed by atoms with Crippen molar-refractivity contribution in [2.45, 2.75) is 31.7 Å². The number of likely N-dealkylation sites (tertiary alicyclic amines) is 1. The number of morpholine rings is 1. The standard InChI is InChI=1S/C12H21N3O4/c16-11(17)10-4-2-1-3-5-15(10)12(18)13-14-6-8-19-9-7-14/h10H,1-9H2,(H,13,18)(H,16,17). The van der Waals surface area contributed by atoms with E-state index in [2.05, 4.69) is 5.43 Å². The first kappa shape index (κ1) is 14.1. The molecule has 108 valence electrons.